The zero-order valence-electron chi connectivity index (χ0n) is 18.2. The minimum Gasteiger partial charge on any atom is -0.495 e. The maximum Gasteiger partial charge on any atom is 0.231 e. The monoisotopic (exact) mass is 437 g/mol. The van der Waals surface area contributed by atoms with Crippen molar-refractivity contribution in [1.29, 1.82) is 0 Å². The minimum absolute atomic E-state index is 0.0219. The Morgan fingerprint density at radius 1 is 1.06 bits per heavy atom. The molecular weight excluding hydrogens is 410 g/mol. The molecule has 1 unspecified atom stereocenters. The number of hydrogen-bond acceptors (Lipinski definition) is 6. The van der Waals surface area contributed by atoms with Crippen LogP contribution in [0.3, 0.4) is 0 Å². The molecule has 3 heterocycles. The number of fused-ring (bicyclic) bond motifs is 1. The van der Waals surface area contributed by atoms with E-state index in [0.717, 1.165) is 35.8 Å². The highest BCUT2D eigenvalue weighted by atomic mass is 16.7. The summed E-state index contributed by atoms with van der Waals surface area (Å²) in [5.74, 6) is 2.08. The van der Waals surface area contributed by atoms with E-state index in [2.05, 4.69) is 4.90 Å². The van der Waals surface area contributed by atoms with Gasteiger partial charge in [-0.25, -0.2) is 0 Å². The van der Waals surface area contributed by atoms with Gasteiger partial charge in [0.05, 0.1) is 18.7 Å². The molecule has 0 saturated carbocycles. The van der Waals surface area contributed by atoms with Gasteiger partial charge in [0.25, 0.3) is 0 Å². The summed E-state index contributed by atoms with van der Waals surface area (Å²) in [6.07, 6.45) is 0.274. The van der Waals surface area contributed by atoms with Crippen LogP contribution in [-0.2, 0) is 16.1 Å². The Morgan fingerprint density at radius 3 is 2.66 bits per heavy atom. The van der Waals surface area contributed by atoms with Crippen molar-refractivity contribution >= 4 is 17.5 Å². The second kappa shape index (κ2) is 8.61. The number of nitrogens with zero attached hydrogens (tertiary/aromatic N) is 3. The zero-order valence-corrected chi connectivity index (χ0v) is 18.2. The van der Waals surface area contributed by atoms with Gasteiger partial charge in [-0.2, -0.15) is 0 Å². The van der Waals surface area contributed by atoms with Crippen LogP contribution < -0.4 is 19.1 Å². The number of carbonyl (C=O) groups is 2. The summed E-state index contributed by atoms with van der Waals surface area (Å²) < 4.78 is 16.2. The fourth-order valence-corrected chi connectivity index (χ4v) is 4.67. The molecule has 168 valence electrons. The second-order valence-corrected chi connectivity index (χ2v) is 8.35. The second-order valence-electron chi connectivity index (χ2n) is 8.35. The Bertz CT molecular complexity index is 1020. The molecule has 2 saturated heterocycles. The molecule has 2 amide bonds. The third kappa shape index (κ3) is 3.92. The van der Waals surface area contributed by atoms with Gasteiger partial charge in [-0.1, -0.05) is 18.2 Å². The van der Waals surface area contributed by atoms with Crippen LogP contribution >= 0.6 is 0 Å². The van der Waals surface area contributed by atoms with Gasteiger partial charge in [0.1, 0.15) is 5.75 Å². The molecule has 2 fully saturated rings. The van der Waals surface area contributed by atoms with Crippen molar-refractivity contribution in [2.24, 2.45) is 5.92 Å². The first-order chi connectivity index (χ1) is 15.6. The summed E-state index contributed by atoms with van der Waals surface area (Å²) in [6, 6.07) is 13.6. The van der Waals surface area contributed by atoms with Crippen molar-refractivity contribution in [1.82, 2.24) is 9.80 Å². The van der Waals surface area contributed by atoms with Crippen molar-refractivity contribution in [3.63, 3.8) is 0 Å². The number of benzene rings is 2. The lowest BCUT2D eigenvalue weighted by atomic mass is 10.1. The predicted molar refractivity (Wildman–Crippen MR) is 118 cm³/mol. The summed E-state index contributed by atoms with van der Waals surface area (Å²) >= 11 is 0. The summed E-state index contributed by atoms with van der Waals surface area (Å²) in [7, 11) is 1.67. The number of amides is 2. The van der Waals surface area contributed by atoms with Gasteiger partial charge >= 0.3 is 0 Å². The highest BCUT2D eigenvalue weighted by Gasteiger charge is 2.37. The number of anilines is 1. The topological polar surface area (TPSA) is 71.6 Å². The number of rotatable bonds is 5. The maximum atomic E-state index is 13.1. The molecule has 5 rings (SSSR count). The van der Waals surface area contributed by atoms with Crippen molar-refractivity contribution in [3.8, 4) is 17.2 Å². The smallest absolute Gasteiger partial charge is 0.231 e. The van der Waals surface area contributed by atoms with Crippen LogP contribution in [0.1, 0.15) is 12.0 Å². The fourth-order valence-electron chi connectivity index (χ4n) is 4.67. The van der Waals surface area contributed by atoms with Crippen molar-refractivity contribution < 1.29 is 23.8 Å². The van der Waals surface area contributed by atoms with E-state index in [1.54, 1.807) is 12.0 Å². The third-order valence-corrected chi connectivity index (χ3v) is 6.39. The van der Waals surface area contributed by atoms with E-state index < -0.39 is 0 Å². The third-order valence-electron chi connectivity index (χ3n) is 6.39. The SMILES string of the molecule is COc1ccccc1N1CCN(C(=O)C2CC(=O)N(Cc3ccc4c(c3)OCO4)C2)CC1. The Labute approximate surface area is 187 Å². The first-order valence-electron chi connectivity index (χ1n) is 11.0. The predicted octanol–water partition coefficient (Wildman–Crippen LogP) is 2.12. The molecule has 3 aliphatic heterocycles. The molecule has 0 N–H and O–H groups in total. The summed E-state index contributed by atoms with van der Waals surface area (Å²) in [5, 5.41) is 0. The van der Waals surface area contributed by atoms with Crippen LogP contribution in [0.4, 0.5) is 5.69 Å². The molecule has 1 atom stereocenters. The number of likely N-dealkylation sites (tertiary alicyclic amines) is 1. The molecular formula is C24H27N3O5. The van der Waals surface area contributed by atoms with E-state index in [0.29, 0.717) is 31.9 Å². The van der Waals surface area contributed by atoms with Crippen LogP contribution in [0.25, 0.3) is 0 Å². The molecule has 2 aromatic carbocycles. The highest BCUT2D eigenvalue weighted by Crippen LogP contribution is 2.34. The van der Waals surface area contributed by atoms with Crippen LogP contribution in [0.2, 0.25) is 0 Å². The Hall–Kier alpha value is -3.42. The Morgan fingerprint density at radius 2 is 1.84 bits per heavy atom. The Kier molecular flexibility index (Phi) is 5.51. The molecule has 32 heavy (non-hydrogen) atoms. The van der Waals surface area contributed by atoms with Gasteiger partial charge in [-0.3, -0.25) is 9.59 Å². The van der Waals surface area contributed by atoms with E-state index >= 15 is 0 Å². The molecule has 0 aromatic heterocycles. The molecule has 0 radical (unpaired) electrons. The maximum absolute atomic E-state index is 13.1. The fraction of sp³-hybridized carbons (Fsp3) is 0.417. The Balaban J connectivity index is 1.17. The van der Waals surface area contributed by atoms with Gasteiger partial charge in [0, 0.05) is 45.7 Å². The number of ether oxygens (including phenoxy) is 3. The van der Waals surface area contributed by atoms with E-state index in [1.807, 2.05) is 47.4 Å². The van der Waals surface area contributed by atoms with Crippen LogP contribution in [0.5, 0.6) is 17.2 Å². The number of methoxy groups -OCH3 is 1. The minimum atomic E-state index is -0.283. The van der Waals surface area contributed by atoms with Gasteiger partial charge in [-0.15, -0.1) is 0 Å². The number of hydrogen-bond donors (Lipinski definition) is 0. The molecule has 0 aliphatic carbocycles. The van der Waals surface area contributed by atoms with E-state index in [-0.39, 0.29) is 30.9 Å². The van der Waals surface area contributed by atoms with Crippen LogP contribution in [0.15, 0.2) is 42.5 Å². The molecule has 3 aliphatic rings. The van der Waals surface area contributed by atoms with Crippen LogP contribution in [0, 0.1) is 5.92 Å². The van der Waals surface area contributed by atoms with E-state index in [9.17, 15) is 9.59 Å². The molecule has 2 aromatic rings. The van der Waals surface area contributed by atoms with Gasteiger partial charge in [-0.05, 0) is 29.8 Å². The summed E-state index contributed by atoms with van der Waals surface area (Å²) in [4.78, 5) is 31.6. The number of piperazine rings is 1. The zero-order chi connectivity index (χ0) is 22.1. The lowest BCUT2D eigenvalue weighted by Crippen LogP contribution is -2.50. The average molecular weight is 437 g/mol. The summed E-state index contributed by atoms with van der Waals surface area (Å²) in [6.45, 7) is 3.93. The van der Waals surface area contributed by atoms with Gasteiger partial charge in [0.2, 0.25) is 18.6 Å². The highest BCUT2D eigenvalue weighted by molar-refractivity contribution is 5.89. The first-order valence-corrected chi connectivity index (χ1v) is 11.0. The average Bonchev–Trinajstić information content (AvgIpc) is 3.45. The first kappa shape index (κ1) is 20.5. The number of carbonyl (C=O) groups excluding carboxylic acids is 2. The lowest BCUT2D eigenvalue weighted by Gasteiger charge is -2.37. The van der Waals surface area contributed by atoms with Crippen LogP contribution in [-0.4, -0.2) is 68.2 Å². The largest absolute Gasteiger partial charge is 0.495 e. The van der Waals surface area contributed by atoms with E-state index in [4.69, 9.17) is 14.2 Å². The molecule has 0 bridgehead atoms. The number of para-hydroxylation sites is 2. The van der Waals surface area contributed by atoms with Gasteiger partial charge < -0.3 is 28.9 Å². The van der Waals surface area contributed by atoms with E-state index in [1.165, 1.54) is 0 Å². The quantitative estimate of drug-likeness (QED) is 0.714. The molecule has 0 spiro atoms. The van der Waals surface area contributed by atoms with Crippen molar-refractivity contribution in [2.75, 3.05) is 51.5 Å². The normalized spacial score (nSPS) is 20.1. The molecule has 8 heteroatoms. The lowest BCUT2D eigenvalue weighted by molar-refractivity contribution is -0.136. The van der Waals surface area contributed by atoms with Crippen molar-refractivity contribution in [3.05, 3.63) is 48.0 Å². The molecule has 8 nitrogen and oxygen atoms in total. The van der Waals surface area contributed by atoms with Gasteiger partial charge in [0.15, 0.2) is 11.5 Å². The summed E-state index contributed by atoms with van der Waals surface area (Å²) in [5.41, 5.74) is 2.02. The standard InChI is InChI=1S/C24H27N3O5/c1-30-20-5-3-2-4-19(20)25-8-10-26(11-9-25)24(29)18-13-23(28)27(15-18)14-17-6-7-21-22(12-17)32-16-31-21/h2-7,12,18H,8-11,13-16H2,1H3. The van der Waals surface area contributed by atoms with Crippen molar-refractivity contribution in [2.45, 2.75) is 13.0 Å².